The summed E-state index contributed by atoms with van der Waals surface area (Å²) in [4.78, 5) is 20.6. The van der Waals surface area contributed by atoms with Gasteiger partial charge < -0.3 is 10.4 Å². The molecule has 0 spiro atoms. The molecule has 0 saturated heterocycles. The Morgan fingerprint density at radius 2 is 1.71 bits per heavy atom. The van der Waals surface area contributed by atoms with E-state index in [1.165, 1.54) is 32.1 Å². The number of nitrogens with zero attached hydrogens (tertiary/aromatic N) is 2. The molecule has 1 aliphatic carbocycles. The third-order valence-corrected chi connectivity index (χ3v) is 6.50. The maximum Gasteiger partial charge on any atom is 0.335 e. The van der Waals surface area contributed by atoms with Crippen LogP contribution in [0.2, 0.25) is 0 Å². The van der Waals surface area contributed by atoms with Crippen LogP contribution in [0.3, 0.4) is 0 Å². The summed E-state index contributed by atoms with van der Waals surface area (Å²) in [7, 11) is 2.67. The molecule has 3 N–H and O–H groups in total. The topological polar surface area (TPSA) is 87.1 Å². The summed E-state index contributed by atoms with van der Waals surface area (Å²) in [5.74, 6) is -0.271. The number of benzene rings is 2. The van der Waals surface area contributed by atoms with Crippen LogP contribution in [-0.4, -0.2) is 33.1 Å². The zero-order valence-corrected chi connectivity index (χ0v) is 18.7. The number of rotatable bonds is 5. The van der Waals surface area contributed by atoms with Crippen molar-refractivity contribution in [2.24, 2.45) is 0 Å². The van der Waals surface area contributed by atoms with E-state index in [9.17, 15) is 9.90 Å². The van der Waals surface area contributed by atoms with Gasteiger partial charge in [0.05, 0.1) is 11.1 Å². The molecule has 3 atom stereocenters. The molecule has 0 bridgehead atoms. The Balaban J connectivity index is 1.56. The van der Waals surface area contributed by atoms with E-state index in [0.29, 0.717) is 18.0 Å². The molecule has 0 radical (unpaired) electrons. The Hall–Kier alpha value is -2.56. The van der Waals surface area contributed by atoms with E-state index in [1.54, 1.807) is 18.2 Å². The average molecular weight is 436 g/mol. The lowest BCUT2D eigenvalue weighted by Crippen LogP contribution is -2.40. The van der Waals surface area contributed by atoms with Gasteiger partial charge in [-0.05, 0) is 48.2 Å². The smallest absolute Gasteiger partial charge is 0.335 e. The van der Waals surface area contributed by atoms with Crippen LogP contribution in [0.4, 0.5) is 5.95 Å². The van der Waals surface area contributed by atoms with Crippen molar-refractivity contribution in [2.75, 3.05) is 5.32 Å². The molecule has 3 aromatic rings. The molecule has 162 valence electrons. The molecule has 1 aliphatic rings. The highest BCUT2D eigenvalue weighted by Crippen LogP contribution is 2.26. The largest absolute Gasteiger partial charge is 0.478 e. The summed E-state index contributed by atoms with van der Waals surface area (Å²) in [5, 5.41) is 17.1. The van der Waals surface area contributed by atoms with E-state index in [1.807, 2.05) is 30.5 Å². The summed E-state index contributed by atoms with van der Waals surface area (Å²) in [6, 6.07) is 13.6. The van der Waals surface area contributed by atoms with Crippen LogP contribution in [0, 0.1) is 0 Å². The Morgan fingerprint density at radius 3 is 2.48 bits per heavy atom. The molecule has 1 fully saturated rings. The maximum absolute atomic E-state index is 11.3. The van der Waals surface area contributed by atoms with Gasteiger partial charge in [-0.2, -0.15) is 0 Å². The van der Waals surface area contributed by atoms with Crippen LogP contribution < -0.4 is 10.4 Å². The fourth-order valence-electron chi connectivity index (χ4n) is 4.31. The number of aromatic carboxylic acids is 1. The first-order valence-electron chi connectivity index (χ1n) is 11.0. The quantitative estimate of drug-likeness (QED) is 0.473. The summed E-state index contributed by atoms with van der Waals surface area (Å²) in [5.41, 5.74) is 2.96. The summed E-state index contributed by atoms with van der Waals surface area (Å²) in [6.07, 6.45) is 10.5. The van der Waals surface area contributed by atoms with Gasteiger partial charge in [0, 0.05) is 23.7 Å². The zero-order valence-electron chi connectivity index (χ0n) is 17.6. The molecular weight excluding hydrogens is 407 g/mol. The van der Waals surface area contributed by atoms with E-state index >= 15 is 0 Å². The Morgan fingerprint density at radius 1 is 0.968 bits per heavy atom. The number of nitrogens with one attached hydrogen (secondary N) is 2. The van der Waals surface area contributed by atoms with Crippen LogP contribution in [0.15, 0.2) is 48.7 Å². The summed E-state index contributed by atoms with van der Waals surface area (Å²) < 4.78 is 0. The molecule has 7 heteroatoms. The Bertz CT molecular complexity index is 1060. The molecule has 2 unspecified atom stereocenters. The Kier molecular flexibility index (Phi) is 7.10. The van der Waals surface area contributed by atoms with Crippen molar-refractivity contribution >= 4 is 32.2 Å². The van der Waals surface area contributed by atoms with Crippen molar-refractivity contribution in [1.82, 2.24) is 15.1 Å². The second-order valence-electron chi connectivity index (χ2n) is 8.22. The first-order valence-corrected chi connectivity index (χ1v) is 11.5. The molecule has 2 aromatic carbocycles. The number of carboxylic acid groups (broad SMARTS) is 1. The highest BCUT2D eigenvalue weighted by Gasteiger charge is 2.21. The molecule has 1 heterocycles. The Labute approximate surface area is 185 Å². The third kappa shape index (κ3) is 5.38. The van der Waals surface area contributed by atoms with E-state index < -0.39 is 5.97 Å². The molecule has 6 nitrogen and oxygen atoms in total. The van der Waals surface area contributed by atoms with E-state index in [2.05, 4.69) is 24.8 Å². The van der Waals surface area contributed by atoms with Crippen LogP contribution in [0.1, 0.15) is 55.3 Å². The minimum atomic E-state index is -0.926. The number of fused-ring (bicyclic) bond motifs is 1. The van der Waals surface area contributed by atoms with Gasteiger partial charge in [-0.25, -0.2) is 14.8 Å². The molecular formula is C24H29N4O2P. The average Bonchev–Trinajstić information content (AvgIpc) is 2.90. The number of carbonyl (C=O) groups is 1. The number of anilines is 1. The molecule has 4 rings (SSSR count). The number of hydrogen-bond acceptors (Lipinski definition) is 5. The highest BCUT2D eigenvalue weighted by atomic mass is 31.0. The third-order valence-electron chi connectivity index (χ3n) is 6.07. The van der Waals surface area contributed by atoms with Crippen LogP contribution in [-0.2, 0) is 0 Å². The van der Waals surface area contributed by atoms with Crippen molar-refractivity contribution < 1.29 is 9.90 Å². The van der Waals surface area contributed by atoms with Crippen molar-refractivity contribution in [2.45, 2.75) is 57.0 Å². The van der Waals surface area contributed by atoms with Gasteiger partial charge in [-0.15, -0.1) is 0 Å². The van der Waals surface area contributed by atoms with Crippen LogP contribution in [0.5, 0.6) is 0 Å². The normalized spacial score (nSPS) is 19.9. The standard InChI is InChI=1S/C24H29N4O2P/c29-23(30)18-8-6-7-16(13-18)17-11-12-20-19(14-17)15-25-24(26-20)27-21-9-4-2-1-3-5-10-22(21)28-31/h6-8,11-15,21-22,28H,1-5,9-10,31H2,(H,29,30)(H,25,26,27)/t21-,22?/m0/s1. The monoisotopic (exact) mass is 436 g/mol. The number of carboxylic acids is 1. The lowest BCUT2D eigenvalue weighted by atomic mass is 10.00. The zero-order chi connectivity index (χ0) is 21.6. The van der Waals surface area contributed by atoms with Gasteiger partial charge >= 0.3 is 5.97 Å². The molecule has 0 aliphatic heterocycles. The van der Waals surface area contributed by atoms with Crippen molar-refractivity contribution in [3.63, 3.8) is 0 Å². The summed E-state index contributed by atoms with van der Waals surface area (Å²) >= 11 is 0. The first-order chi connectivity index (χ1) is 15.1. The van der Waals surface area contributed by atoms with Crippen molar-refractivity contribution in [1.29, 1.82) is 0 Å². The fraction of sp³-hybridized carbons (Fsp3) is 0.375. The minimum Gasteiger partial charge on any atom is -0.478 e. The minimum absolute atomic E-state index is 0.278. The van der Waals surface area contributed by atoms with Gasteiger partial charge in [0.25, 0.3) is 0 Å². The lowest BCUT2D eigenvalue weighted by Gasteiger charge is -2.27. The van der Waals surface area contributed by atoms with E-state index in [0.717, 1.165) is 34.9 Å². The predicted molar refractivity (Wildman–Crippen MR) is 128 cm³/mol. The van der Waals surface area contributed by atoms with Gasteiger partial charge in [0.15, 0.2) is 0 Å². The van der Waals surface area contributed by atoms with Crippen LogP contribution in [0.25, 0.3) is 22.0 Å². The van der Waals surface area contributed by atoms with Gasteiger partial charge in [-0.3, -0.25) is 5.09 Å². The second-order valence-corrected chi connectivity index (χ2v) is 8.56. The van der Waals surface area contributed by atoms with Crippen molar-refractivity contribution in [3.05, 3.63) is 54.2 Å². The molecule has 1 aromatic heterocycles. The van der Waals surface area contributed by atoms with Gasteiger partial charge in [0.2, 0.25) is 5.95 Å². The van der Waals surface area contributed by atoms with E-state index in [-0.39, 0.29) is 5.56 Å². The van der Waals surface area contributed by atoms with Gasteiger partial charge in [0.1, 0.15) is 0 Å². The SMILES string of the molecule is O=C(O)c1cccc(-c2ccc3nc(N[C@H]4CCCCCCCC4NP)ncc3c2)c1. The number of hydrogen-bond donors (Lipinski definition) is 3. The molecule has 0 amide bonds. The van der Waals surface area contributed by atoms with Crippen LogP contribution >= 0.6 is 9.39 Å². The van der Waals surface area contributed by atoms with Crippen molar-refractivity contribution in [3.8, 4) is 11.1 Å². The maximum atomic E-state index is 11.3. The lowest BCUT2D eigenvalue weighted by molar-refractivity contribution is 0.0697. The summed E-state index contributed by atoms with van der Waals surface area (Å²) in [6.45, 7) is 0. The molecule has 31 heavy (non-hydrogen) atoms. The predicted octanol–water partition coefficient (Wildman–Crippen LogP) is 5.27. The first kappa shape index (κ1) is 21.7. The van der Waals surface area contributed by atoms with E-state index in [4.69, 9.17) is 4.98 Å². The second kappa shape index (κ2) is 10.2. The highest BCUT2D eigenvalue weighted by molar-refractivity contribution is 7.13. The van der Waals surface area contributed by atoms with Gasteiger partial charge in [-0.1, -0.05) is 59.7 Å². The molecule has 1 saturated carbocycles. The fourth-order valence-corrected chi connectivity index (χ4v) is 4.71. The number of aromatic nitrogens is 2.